The minimum atomic E-state index is -0.350. The van der Waals surface area contributed by atoms with Gasteiger partial charge in [0.05, 0.1) is 5.92 Å². The highest BCUT2D eigenvalue weighted by Crippen LogP contribution is 2.26. The monoisotopic (exact) mass is 324 g/mol. The Morgan fingerprint density at radius 3 is 2.50 bits per heavy atom. The van der Waals surface area contributed by atoms with Crippen molar-refractivity contribution in [2.45, 2.75) is 19.9 Å². The van der Waals surface area contributed by atoms with Gasteiger partial charge in [-0.15, -0.1) is 0 Å². The van der Waals surface area contributed by atoms with Gasteiger partial charge in [-0.05, 0) is 36.8 Å². The SMILES string of the molecule is Cc1ccc(CNC(=O)C2CC(=O)N(c3ccc(O)cc3)C2)cc1. The average molecular weight is 324 g/mol. The smallest absolute Gasteiger partial charge is 0.227 e. The Morgan fingerprint density at radius 2 is 1.83 bits per heavy atom. The molecule has 0 saturated carbocycles. The highest BCUT2D eigenvalue weighted by Gasteiger charge is 2.34. The number of phenolic OH excluding ortho intramolecular Hbond substituents is 1. The largest absolute Gasteiger partial charge is 0.508 e. The van der Waals surface area contributed by atoms with Gasteiger partial charge in [0.15, 0.2) is 0 Å². The summed E-state index contributed by atoms with van der Waals surface area (Å²) < 4.78 is 0. The zero-order chi connectivity index (χ0) is 17.1. The number of rotatable bonds is 4. The first-order valence-corrected chi connectivity index (χ1v) is 7.95. The molecule has 1 unspecified atom stereocenters. The first-order valence-electron chi connectivity index (χ1n) is 7.95. The second kappa shape index (κ2) is 6.74. The number of amides is 2. The number of nitrogens with zero attached hydrogens (tertiary/aromatic N) is 1. The van der Waals surface area contributed by atoms with Gasteiger partial charge in [0, 0.05) is 25.2 Å². The Morgan fingerprint density at radius 1 is 1.17 bits per heavy atom. The van der Waals surface area contributed by atoms with E-state index in [-0.39, 0.29) is 29.9 Å². The van der Waals surface area contributed by atoms with Crippen molar-refractivity contribution in [2.75, 3.05) is 11.4 Å². The minimum Gasteiger partial charge on any atom is -0.508 e. The van der Waals surface area contributed by atoms with Crippen molar-refractivity contribution in [3.63, 3.8) is 0 Å². The predicted molar refractivity (Wildman–Crippen MR) is 91.6 cm³/mol. The van der Waals surface area contributed by atoms with E-state index >= 15 is 0 Å². The molecule has 2 amide bonds. The van der Waals surface area contributed by atoms with E-state index < -0.39 is 0 Å². The molecule has 124 valence electrons. The van der Waals surface area contributed by atoms with Crippen LogP contribution in [0.1, 0.15) is 17.5 Å². The van der Waals surface area contributed by atoms with Crippen molar-refractivity contribution in [1.29, 1.82) is 0 Å². The molecule has 2 aromatic rings. The summed E-state index contributed by atoms with van der Waals surface area (Å²) in [6.45, 7) is 2.84. The number of aromatic hydroxyl groups is 1. The maximum absolute atomic E-state index is 12.3. The van der Waals surface area contributed by atoms with Crippen LogP contribution in [-0.4, -0.2) is 23.5 Å². The Balaban J connectivity index is 1.59. The highest BCUT2D eigenvalue weighted by molar-refractivity contribution is 6.00. The van der Waals surface area contributed by atoms with Crippen LogP contribution in [0.5, 0.6) is 5.75 Å². The zero-order valence-corrected chi connectivity index (χ0v) is 13.5. The standard InChI is InChI=1S/C19H20N2O3/c1-13-2-4-14(5-3-13)11-20-19(24)15-10-18(23)21(12-15)16-6-8-17(22)9-7-16/h2-9,15,22H,10-12H2,1H3,(H,20,24). The van der Waals surface area contributed by atoms with E-state index in [1.165, 1.54) is 17.7 Å². The van der Waals surface area contributed by atoms with Crippen LogP contribution >= 0.6 is 0 Å². The Kier molecular flexibility index (Phi) is 4.51. The van der Waals surface area contributed by atoms with Crippen molar-refractivity contribution < 1.29 is 14.7 Å². The molecule has 1 atom stereocenters. The minimum absolute atomic E-state index is 0.0730. The van der Waals surface area contributed by atoms with E-state index in [1.807, 2.05) is 31.2 Å². The molecule has 5 heteroatoms. The molecule has 2 N–H and O–H groups in total. The number of hydrogen-bond acceptors (Lipinski definition) is 3. The number of phenols is 1. The van der Waals surface area contributed by atoms with E-state index in [0.29, 0.717) is 18.8 Å². The topological polar surface area (TPSA) is 69.6 Å². The number of anilines is 1. The molecular weight excluding hydrogens is 304 g/mol. The summed E-state index contributed by atoms with van der Waals surface area (Å²) in [7, 11) is 0. The summed E-state index contributed by atoms with van der Waals surface area (Å²) in [6, 6.07) is 14.4. The lowest BCUT2D eigenvalue weighted by atomic mass is 10.1. The molecule has 0 aliphatic carbocycles. The van der Waals surface area contributed by atoms with Crippen molar-refractivity contribution >= 4 is 17.5 Å². The molecule has 1 fully saturated rings. The number of carbonyl (C=O) groups is 2. The molecule has 0 bridgehead atoms. The van der Waals surface area contributed by atoms with Crippen LogP contribution in [-0.2, 0) is 16.1 Å². The number of aryl methyl sites for hydroxylation is 1. The third-order valence-corrected chi connectivity index (χ3v) is 4.24. The molecule has 1 aliphatic heterocycles. The first kappa shape index (κ1) is 16.1. The van der Waals surface area contributed by atoms with Gasteiger partial charge in [0.1, 0.15) is 5.75 Å². The summed E-state index contributed by atoms with van der Waals surface area (Å²) in [4.78, 5) is 26.1. The van der Waals surface area contributed by atoms with E-state index in [9.17, 15) is 14.7 Å². The Bertz CT molecular complexity index is 738. The van der Waals surface area contributed by atoms with Crippen LogP contribution in [0.2, 0.25) is 0 Å². The van der Waals surface area contributed by atoms with E-state index in [0.717, 1.165) is 5.56 Å². The van der Waals surface area contributed by atoms with Gasteiger partial charge in [-0.25, -0.2) is 0 Å². The van der Waals surface area contributed by atoms with Gasteiger partial charge in [-0.3, -0.25) is 9.59 Å². The molecule has 3 rings (SSSR count). The number of carbonyl (C=O) groups excluding carboxylic acids is 2. The number of benzene rings is 2. The lowest BCUT2D eigenvalue weighted by molar-refractivity contribution is -0.126. The summed E-state index contributed by atoms with van der Waals surface area (Å²) >= 11 is 0. The van der Waals surface area contributed by atoms with Gasteiger partial charge in [0.2, 0.25) is 11.8 Å². The number of hydrogen-bond donors (Lipinski definition) is 2. The fourth-order valence-corrected chi connectivity index (χ4v) is 2.80. The zero-order valence-electron chi connectivity index (χ0n) is 13.5. The van der Waals surface area contributed by atoms with Crippen molar-refractivity contribution in [1.82, 2.24) is 5.32 Å². The van der Waals surface area contributed by atoms with Crippen LogP contribution in [0.4, 0.5) is 5.69 Å². The maximum atomic E-state index is 12.3. The Labute approximate surface area is 140 Å². The second-order valence-corrected chi connectivity index (χ2v) is 6.13. The molecule has 2 aromatic carbocycles. The highest BCUT2D eigenvalue weighted by atomic mass is 16.3. The molecule has 0 radical (unpaired) electrons. The van der Waals surface area contributed by atoms with E-state index in [1.54, 1.807) is 17.0 Å². The van der Waals surface area contributed by atoms with Gasteiger partial charge in [-0.2, -0.15) is 0 Å². The molecule has 1 saturated heterocycles. The molecule has 0 spiro atoms. The van der Waals surface area contributed by atoms with Crippen LogP contribution < -0.4 is 10.2 Å². The van der Waals surface area contributed by atoms with E-state index in [4.69, 9.17) is 0 Å². The van der Waals surface area contributed by atoms with Crippen molar-refractivity contribution in [3.05, 3.63) is 59.7 Å². The fraction of sp³-hybridized carbons (Fsp3) is 0.263. The molecule has 5 nitrogen and oxygen atoms in total. The van der Waals surface area contributed by atoms with Gasteiger partial charge in [0.25, 0.3) is 0 Å². The third-order valence-electron chi connectivity index (χ3n) is 4.24. The second-order valence-electron chi connectivity index (χ2n) is 6.13. The average Bonchev–Trinajstić information content (AvgIpc) is 2.97. The normalized spacial score (nSPS) is 17.1. The van der Waals surface area contributed by atoms with E-state index in [2.05, 4.69) is 5.32 Å². The summed E-state index contributed by atoms with van der Waals surface area (Å²) in [5, 5.41) is 12.2. The molecule has 1 aliphatic rings. The predicted octanol–water partition coefficient (Wildman–Crippen LogP) is 2.37. The van der Waals surface area contributed by atoms with Crippen LogP contribution in [0, 0.1) is 12.8 Å². The quantitative estimate of drug-likeness (QED) is 0.907. The molecule has 0 aromatic heterocycles. The summed E-state index contributed by atoms with van der Waals surface area (Å²) in [5.41, 5.74) is 2.91. The van der Waals surface area contributed by atoms with Crippen LogP contribution in [0.15, 0.2) is 48.5 Å². The Hall–Kier alpha value is -2.82. The lowest BCUT2D eigenvalue weighted by Gasteiger charge is -2.16. The third kappa shape index (κ3) is 3.56. The molecule has 24 heavy (non-hydrogen) atoms. The summed E-state index contributed by atoms with van der Waals surface area (Å²) in [6.07, 6.45) is 0.209. The molecular formula is C19H20N2O3. The van der Waals surface area contributed by atoms with Gasteiger partial charge >= 0.3 is 0 Å². The van der Waals surface area contributed by atoms with Gasteiger partial charge in [-0.1, -0.05) is 29.8 Å². The van der Waals surface area contributed by atoms with Crippen LogP contribution in [0.25, 0.3) is 0 Å². The van der Waals surface area contributed by atoms with Crippen molar-refractivity contribution in [2.24, 2.45) is 5.92 Å². The lowest BCUT2D eigenvalue weighted by Crippen LogP contribution is -2.32. The van der Waals surface area contributed by atoms with Gasteiger partial charge < -0.3 is 15.3 Å². The fourth-order valence-electron chi connectivity index (χ4n) is 2.80. The van der Waals surface area contributed by atoms with Crippen molar-refractivity contribution in [3.8, 4) is 5.75 Å². The number of nitrogens with one attached hydrogen (secondary N) is 1. The summed E-state index contributed by atoms with van der Waals surface area (Å²) in [5.74, 6) is -0.379. The maximum Gasteiger partial charge on any atom is 0.227 e. The first-order chi connectivity index (χ1) is 11.5. The van der Waals surface area contributed by atoms with Crippen LogP contribution in [0.3, 0.4) is 0 Å². The molecule has 1 heterocycles.